The Morgan fingerprint density at radius 2 is 1.90 bits per heavy atom. The molecular weight excluding hydrogens is 282 g/mol. The summed E-state index contributed by atoms with van der Waals surface area (Å²) in [5, 5.41) is 22.2. The Labute approximate surface area is 121 Å². The molecule has 0 aromatic rings. The van der Waals surface area contributed by atoms with Crippen LogP contribution in [0.4, 0.5) is 4.79 Å². The van der Waals surface area contributed by atoms with Crippen molar-refractivity contribution in [3.05, 3.63) is 0 Å². The minimum atomic E-state index is -1.53. The Balaban J connectivity index is 2.76. The first kappa shape index (κ1) is 16.7. The summed E-state index contributed by atoms with van der Waals surface area (Å²) in [6.07, 6.45) is 1.26. The third-order valence-corrected chi connectivity index (χ3v) is 3.29. The number of nitrogens with zero attached hydrogens (tertiary/aromatic N) is 1. The average molecular weight is 301 g/mol. The molecule has 4 N–H and O–H groups in total. The summed E-state index contributed by atoms with van der Waals surface area (Å²) in [6, 6.07) is -2.93. The van der Waals surface area contributed by atoms with Gasteiger partial charge in [0, 0.05) is 13.6 Å². The SMILES string of the molecule is CNC(=O)C1CCCCN1C(=O)N[C@@H](CC(=O)O)C(=O)O. The number of carboxylic acid groups (broad SMARTS) is 2. The van der Waals surface area contributed by atoms with Crippen LogP contribution in [0, 0.1) is 0 Å². The molecule has 9 heteroatoms. The Kier molecular flexibility index (Phi) is 5.94. The Morgan fingerprint density at radius 3 is 2.43 bits per heavy atom. The quantitative estimate of drug-likeness (QED) is 0.526. The minimum Gasteiger partial charge on any atom is -0.481 e. The highest BCUT2D eigenvalue weighted by molar-refractivity contribution is 5.90. The van der Waals surface area contributed by atoms with E-state index >= 15 is 0 Å². The number of urea groups is 1. The maximum atomic E-state index is 12.1. The fourth-order valence-electron chi connectivity index (χ4n) is 2.22. The number of amides is 3. The predicted molar refractivity (Wildman–Crippen MR) is 70.6 cm³/mol. The van der Waals surface area contributed by atoms with Gasteiger partial charge in [-0.25, -0.2) is 9.59 Å². The van der Waals surface area contributed by atoms with E-state index in [2.05, 4.69) is 10.6 Å². The lowest BCUT2D eigenvalue weighted by molar-refractivity contribution is -0.145. The van der Waals surface area contributed by atoms with Gasteiger partial charge >= 0.3 is 18.0 Å². The molecule has 0 aromatic heterocycles. The fourth-order valence-corrected chi connectivity index (χ4v) is 2.22. The molecule has 21 heavy (non-hydrogen) atoms. The number of nitrogens with one attached hydrogen (secondary N) is 2. The molecule has 0 saturated carbocycles. The van der Waals surface area contributed by atoms with Crippen LogP contribution in [-0.4, -0.2) is 64.7 Å². The van der Waals surface area contributed by atoms with E-state index in [1.807, 2.05) is 0 Å². The highest BCUT2D eigenvalue weighted by atomic mass is 16.4. The Bertz CT molecular complexity index is 439. The van der Waals surface area contributed by atoms with E-state index in [4.69, 9.17) is 10.2 Å². The monoisotopic (exact) mass is 301 g/mol. The van der Waals surface area contributed by atoms with Crippen molar-refractivity contribution in [1.82, 2.24) is 15.5 Å². The Morgan fingerprint density at radius 1 is 1.24 bits per heavy atom. The van der Waals surface area contributed by atoms with Crippen LogP contribution < -0.4 is 10.6 Å². The first-order valence-corrected chi connectivity index (χ1v) is 6.60. The second-order valence-electron chi connectivity index (χ2n) is 4.76. The van der Waals surface area contributed by atoms with Crippen LogP contribution in [-0.2, 0) is 14.4 Å². The van der Waals surface area contributed by atoms with E-state index in [9.17, 15) is 19.2 Å². The second kappa shape index (κ2) is 7.46. The largest absolute Gasteiger partial charge is 0.481 e. The summed E-state index contributed by atoms with van der Waals surface area (Å²) in [5.74, 6) is -3.08. The van der Waals surface area contributed by atoms with E-state index < -0.39 is 36.5 Å². The number of carbonyl (C=O) groups excluding carboxylic acids is 2. The van der Waals surface area contributed by atoms with Crippen LogP contribution in [0.2, 0.25) is 0 Å². The Hall–Kier alpha value is -2.32. The van der Waals surface area contributed by atoms with Crippen LogP contribution in [0.25, 0.3) is 0 Å². The van der Waals surface area contributed by atoms with Gasteiger partial charge in [-0.15, -0.1) is 0 Å². The standard InChI is InChI=1S/C12H19N3O6/c1-13-10(18)8-4-2-3-5-15(8)12(21)14-7(11(19)20)6-9(16)17/h7-8H,2-6H2,1H3,(H,13,18)(H,14,21)(H,16,17)(H,19,20)/t7-,8?/m0/s1. The van der Waals surface area contributed by atoms with Crippen molar-refractivity contribution >= 4 is 23.9 Å². The van der Waals surface area contributed by atoms with Crippen LogP contribution >= 0.6 is 0 Å². The molecule has 3 amide bonds. The van der Waals surface area contributed by atoms with Crippen LogP contribution in [0.1, 0.15) is 25.7 Å². The predicted octanol–water partition coefficient (Wildman–Crippen LogP) is -0.776. The summed E-state index contributed by atoms with van der Waals surface area (Å²) in [7, 11) is 1.46. The molecule has 1 aliphatic heterocycles. The number of carboxylic acids is 2. The summed E-state index contributed by atoms with van der Waals surface area (Å²) < 4.78 is 0. The van der Waals surface area contributed by atoms with Crippen molar-refractivity contribution in [1.29, 1.82) is 0 Å². The smallest absolute Gasteiger partial charge is 0.326 e. The normalized spacial score (nSPS) is 19.5. The molecule has 1 rings (SSSR count). The van der Waals surface area contributed by atoms with Gasteiger partial charge in [0.2, 0.25) is 5.91 Å². The molecule has 0 spiro atoms. The topological polar surface area (TPSA) is 136 Å². The van der Waals surface area contributed by atoms with E-state index in [0.29, 0.717) is 19.4 Å². The van der Waals surface area contributed by atoms with Gasteiger partial charge in [-0.05, 0) is 19.3 Å². The molecule has 1 saturated heterocycles. The first-order valence-electron chi connectivity index (χ1n) is 6.60. The van der Waals surface area contributed by atoms with Gasteiger partial charge in [0.1, 0.15) is 12.1 Å². The average Bonchev–Trinajstić information content (AvgIpc) is 2.45. The van der Waals surface area contributed by atoms with E-state index in [-0.39, 0.29) is 5.91 Å². The molecule has 1 fully saturated rings. The van der Waals surface area contributed by atoms with Crippen molar-refractivity contribution < 1.29 is 29.4 Å². The van der Waals surface area contributed by atoms with Gasteiger partial charge in [-0.3, -0.25) is 9.59 Å². The molecular formula is C12H19N3O6. The molecule has 0 bridgehead atoms. The summed E-state index contributed by atoms with van der Waals surface area (Å²) >= 11 is 0. The third-order valence-electron chi connectivity index (χ3n) is 3.29. The molecule has 0 aromatic carbocycles. The van der Waals surface area contributed by atoms with Gasteiger partial charge in [0.25, 0.3) is 0 Å². The van der Waals surface area contributed by atoms with Crippen LogP contribution in [0.3, 0.4) is 0 Å². The maximum absolute atomic E-state index is 12.1. The molecule has 1 unspecified atom stereocenters. The van der Waals surface area contributed by atoms with Gasteiger partial charge in [-0.1, -0.05) is 0 Å². The van der Waals surface area contributed by atoms with E-state index in [1.165, 1.54) is 11.9 Å². The highest BCUT2D eigenvalue weighted by Gasteiger charge is 2.33. The summed E-state index contributed by atoms with van der Waals surface area (Å²) in [5.41, 5.74) is 0. The lowest BCUT2D eigenvalue weighted by Gasteiger charge is -2.34. The summed E-state index contributed by atoms with van der Waals surface area (Å²) in [4.78, 5) is 46.6. The van der Waals surface area contributed by atoms with Crippen LogP contribution in [0.5, 0.6) is 0 Å². The summed E-state index contributed by atoms with van der Waals surface area (Å²) in [6.45, 7) is 0.323. The number of rotatable bonds is 5. The molecule has 9 nitrogen and oxygen atoms in total. The fraction of sp³-hybridized carbons (Fsp3) is 0.667. The highest BCUT2D eigenvalue weighted by Crippen LogP contribution is 2.17. The molecule has 118 valence electrons. The zero-order chi connectivity index (χ0) is 16.0. The van der Waals surface area contributed by atoms with Gasteiger partial charge < -0.3 is 25.7 Å². The molecule has 1 aliphatic rings. The molecule has 2 atom stereocenters. The van der Waals surface area contributed by atoms with E-state index in [1.54, 1.807) is 0 Å². The third kappa shape index (κ3) is 4.62. The van der Waals surface area contributed by atoms with Crippen molar-refractivity contribution in [2.45, 2.75) is 37.8 Å². The number of carbonyl (C=O) groups is 4. The number of likely N-dealkylation sites (tertiary alicyclic amines) is 1. The van der Waals surface area contributed by atoms with Crippen molar-refractivity contribution in [2.24, 2.45) is 0 Å². The number of piperidine rings is 1. The van der Waals surface area contributed by atoms with Gasteiger partial charge in [0.15, 0.2) is 0 Å². The lowest BCUT2D eigenvalue weighted by atomic mass is 10.0. The lowest BCUT2D eigenvalue weighted by Crippen LogP contribution is -2.57. The van der Waals surface area contributed by atoms with Crippen molar-refractivity contribution in [3.8, 4) is 0 Å². The second-order valence-corrected chi connectivity index (χ2v) is 4.76. The van der Waals surface area contributed by atoms with Crippen molar-refractivity contribution in [3.63, 3.8) is 0 Å². The molecule has 0 aliphatic carbocycles. The number of likely N-dealkylation sites (N-methyl/N-ethyl adjacent to an activating group) is 1. The zero-order valence-corrected chi connectivity index (χ0v) is 11.7. The number of hydrogen-bond donors (Lipinski definition) is 4. The first-order chi connectivity index (χ1) is 9.86. The zero-order valence-electron chi connectivity index (χ0n) is 11.7. The molecule has 0 radical (unpaired) electrons. The maximum Gasteiger partial charge on any atom is 0.326 e. The van der Waals surface area contributed by atoms with Gasteiger partial charge in [0.05, 0.1) is 6.42 Å². The van der Waals surface area contributed by atoms with Gasteiger partial charge in [-0.2, -0.15) is 0 Å². The van der Waals surface area contributed by atoms with Crippen LogP contribution in [0.15, 0.2) is 0 Å². The molecule has 1 heterocycles. The van der Waals surface area contributed by atoms with E-state index in [0.717, 1.165) is 6.42 Å². The van der Waals surface area contributed by atoms with Crippen molar-refractivity contribution in [2.75, 3.05) is 13.6 Å². The number of hydrogen-bond acceptors (Lipinski definition) is 4. The number of aliphatic carboxylic acids is 2. The minimum absolute atomic E-state index is 0.323.